The average molecular weight is 338 g/mol. The maximum absolute atomic E-state index is 12.3. The lowest BCUT2D eigenvalue weighted by molar-refractivity contribution is -0.250. The van der Waals surface area contributed by atoms with E-state index in [4.69, 9.17) is 24.0 Å². The molecule has 24 heavy (non-hydrogen) atoms. The molecule has 1 aromatic rings. The van der Waals surface area contributed by atoms with Crippen molar-refractivity contribution in [3.63, 3.8) is 0 Å². The predicted molar refractivity (Wildman–Crippen MR) is 88.6 cm³/mol. The second-order valence-electron chi connectivity index (χ2n) is 6.19. The quantitative estimate of drug-likeness (QED) is 0.559. The highest BCUT2D eigenvalue weighted by Crippen LogP contribution is 2.35. The minimum Gasteiger partial charge on any atom is -0.496 e. The Morgan fingerprint density at radius 1 is 0.958 bits per heavy atom. The van der Waals surface area contributed by atoms with Crippen molar-refractivity contribution in [3.8, 4) is 17.2 Å². The van der Waals surface area contributed by atoms with E-state index >= 15 is 0 Å². The van der Waals surface area contributed by atoms with E-state index in [0.717, 1.165) is 18.8 Å². The van der Waals surface area contributed by atoms with Crippen molar-refractivity contribution in [1.29, 1.82) is 0 Å². The lowest BCUT2D eigenvalue weighted by Crippen LogP contribution is -2.19. The number of methoxy groups -OCH3 is 3. The zero-order valence-electron chi connectivity index (χ0n) is 14.8. The molecule has 1 fully saturated rings. The molecule has 2 rings (SSSR count). The van der Waals surface area contributed by atoms with Crippen molar-refractivity contribution >= 4 is 5.97 Å². The Balaban J connectivity index is 1.96. The molecule has 1 saturated carbocycles. The van der Waals surface area contributed by atoms with Crippen LogP contribution in [-0.2, 0) is 9.78 Å². The first kappa shape index (κ1) is 18.4. The molecular formula is C18H26O6. The van der Waals surface area contributed by atoms with E-state index in [2.05, 4.69) is 6.92 Å². The molecule has 6 nitrogen and oxygen atoms in total. The van der Waals surface area contributed by atoms with Crippen molar-refractivity contribution in [1.82, 2.24) is 0 Å². The van der Waals surface area contributed by atoms with Gasteiger partial charge in [0.05, 0.1) is 27.9 Å². The molecule has 1 aromatic carbocycles. The lowest BCUT2D eigenvalue weighted by atomic mass is 9.83. The van der Waals surface area contributed by atoms with Gasteiger partial charge in [0, 0.05) is 12.1 Å². The van der Waals surface area contributed by atoms with Crippen LogP contribution in [0.1, 0.15) is 43.0 Å². The predicted octanol–water partition coefficient (Wildman–Crippen LogP) is 3.63. The number of ether oxygens (including phenoxy) is 3. The number of carbonyl (C=O) groups is 1. The highest BCUT2D eigenvalue weighted by Gasteiger charge is 2.22. The van der Waals surface area contributed by atoms with E-state index in [0.29, 0.717) is 29.8 Å². The average Bonchev–Trinajstić information content (AvgIpc) is 2.61. The maximum atomic E-state index is 12.3. The lowest BCUT2D eigenvalue weighted by Gasteiger charge is -2.25. The second kappa shape index (κ2) is 8.78. The van der Waals surface area contributed by atoms with Crippen LogP contribution in [0.5, 0.6) is 17.2 Å². The summed E-state index contributed by atoms with van der Waals surface area (Å²) in [6.45, 7) is 2.69. The van der Waals surface area contributed by atoms with Gasteiger partial charge in [0.25, 0.3) is 0 Å². The molecule has 0 heterocycles. The van der Waals surface area contributed by atoms with Gasteiger partial charge in [-0.25, -0.2) is 4.79 Å². The molecule has 0 aliphatic heterocycles. The summed E-state index contributed by atoms with van der Waals surface area (Å²) < 4.78 is 15.6. The molecule has 0 amide bonds. The van der Waals surface area contributed by atoms with E-state index in [1.54, 1.807) is 6.07 Å². The van der Waals surface area contributed by atoms with Crippen LogP contribution in [0.2, 0.25) is 0 Å². The van der Waals surface area contributed by atoms with Gasteiger partial charge in [-0.2, -0.15) is 4.89 Å². The monoisotopic (exact) mass is 338 g/mol. The third kappa shape index (κ3) is 4.54. The molecular weight excluding hydrogens is 312 g/mol. The van der Waals surface area contributed by atoms with Gasteiger partial charge in [-0.05, 0) is 24.7 Å². The van der Waals surface area contributed by atoms with Crippen LogP contribution in [0.4, 0.5) is 0 Å². The van der Waals surface area contributed by atoms with Gasteiger partial charge in [-0.15, -0.1) is 0 Å². The van der Waals surface area contributed by atoms with Crippen LogP contribution in [0.15, 0.2) is 12.1 Å². The minimum atomic E-state index is -0.614. The van der Waals surface area contributed by atoms with Crippen molar-refractivity contribution < 1.29 is 28.8 Å². The number of benzene rings is 1. The number of hydrogen-bond acceptors (Lipinski definition) is 6. The molecule has 0 atom stereocenters. The zero-order valence-corrected chi connectivity index (χ0v) is 14.8. The topological polar surface area (TPSA) is 63.2 Å². The molecule has 134 valence electrons. The molecule has 6 heteroatoms. The molecule has 0 spiro atoms. The highest BCUT2D eigenvalue weighted by atomic mass is 17.2. The Labute approximate surface area is 142 Å². The van der Waals surface area contributed by atoms with E-state index in [1.807, 2.05) is 0 Å². The third-order valence-corrected chi connectivity index (χ3v) is 4.50. The normalized spacial score (nSPS) is 20.3. The van der Waals surface area contributed by atoms with Crippen molar-refractivity contribution in [2.24, 2.45) is 11.8 Å². The Morgan fingerprint density at radius 2 is 1.54 bits per heavy atom. The smallest absolute Gasteiger partial charge is 0.376 e. The minimum absolute atomic E-state index is 0.229. The maximum Gasteiger partial charge on any atom is 0.376 e. The molecule has 1 aliphatic carbocycles. The second-order valence-corrected chi connectivity index (χ2v) is 6.19. The van der Waals surface area contributed by atoms with Gasteiger partial charge in [0.2, 0.25) is 0 Å². The first-order valence-electron chi connectivity index (χ1n) is 8.22. The summed E-state index contributed by atoms with van der Waals surface area (Å²) in [5.41, 5.74) is 0.229. The standard InChI is InChI=1S/C18H26O6/c1-12-5-7-13(8-6-12)11-23-24-18(19)14-9-16(21-3)17(22-4)10-15(14)20-2/h9-10,12-13H,5-8,11H2,1-4H3. The van der Waals surface area contributed by atoms with E-state index in [1.165, 1.54) is 40.2 Å². The Kier molecular flexibility index (Phi) is 6.73. The largest absolute Gasteiger partial charge is 0.496 e. The van der Waals surface area contributed by atoms with Crippen LogP contribution >= 0.6 is 0 Å². The van der Waals surface area contributed by atoms with Crippen molar-refractivity contribution in [2.45, 2.75) is 32.6 Å². The van der Waals surface area contributed by atoms with Gasteiger partial charge in [0.15, 0.2) is 11.5 Å². The molecule has 1 aliphatic rings. The van der Waals surface area contributed by atoms with E-state index in [-0.39, 0.29) is 5.56 Å². The number of hydrogen-bond donors (Lipinski definition) is 0. The fraction of sp³-hybridized carbons (Fsp3) is 0.611. The summed E-state index contributed by atoms with van der Waals surface area (Å²) in [6.07, 6.45) is 4.62. The summed E-state index contributed by atoms with van der Waals surface area (Å²) in [4.78, 5) is 22.4. The van der Waals surface area contributed by atoms with Crippen LogP contribution in [-0.4, -0.2) is 33.9 Å². The summed E-state index contributed by atoms with van der Waals surface area (Å²) in [5, 5.41) is 0. The van der Waals surface area contributed by atoms with Crippen LogP contribution in [0.25, 0.3) is 0 Å². The van der Waals surface area contributed by atoms with Crippen LogP contribution in [0, 0.1) is 11.8 Å². The van der Waals surface area contributed by atoms with Crippen molar-refractivity contribution in [2.75, 3.05) is 27.9 Å². The van der Waals surface area contributed by atoms with E-state index in [9.17, 15) is 4.79 Å². The first-order valence-corrected chi connectivity index (χ1v) is 8.22. The fourth-order valence-corrected chi connectivity index (χ4v) is 2.91. The highest BCUT2D eigenvalue weighted by molar-refractivity contribution is 5.93. The van der Waals surface area contributed by atoms with Crippen LogP contribution in [0.3, 0.4) is 0 Å². The molecule has 0 bridgehead atoms. The fourth-order valence-electron chi connectivity index (χ4n) is 2.91. The Hall–Kier alpha value is -1.95. The molecule has 0 aromatic heterocycles. The summed E-state index contributed by atoms with van der Waals surface area (Å²) in [7, 11) is 4.49. The van der Waals surface area contributed by atoms with Gasteiger partial charge in [0.1, 0.15) is 11.3 Å². The first-order chi connectivity index (χ1) is 11.6. The SMILES string of the molecule is COc1cc(OC)c(C(=O)OOCC2CCC(C)CC2)cc1OC. The number of rotatable bonds is 7. The third-order valence-electron chi connectivity index (χ3n) is 4.50. The molecule has 0 radical (unpaired) electrons. The number of carbonyl (C=O) groups excluding carboxylic acids is 1. The zero-order chi connectivity index (χ0) is 17.5. The van der Waals surface area contributed by atoms with Gasteiger partial charge in [-0.1, -0.05) is 19.8 Å². The molecule has 0 unspecified atom stereocenters. The Bertz CT molecular complexity index is 549. The van der Waals surface area contributed by atoms with Crippen LogP contribution < -0.4 is 14.2 Å². The van der Waals surface area contributed by atoms with E-state index < -0.39 is 5.97 Å². The molecule has 0 saturated heterocycles. The molecule has 0 N–H and O–H groups in total. The van der Waals surface area contributed by atoms with Gasteiger partial charge < -0.3 is 14.2 Å². The Morgan fingerprint density at radius 3 is 2.12 bits per heavy atom. The van der Waals surface area contributed by atoms with Crippen molar-refractivity contribution in [3.05, 3.63) is 17.7 Å². The van der Waals surface area contributed by atoms with Gasteiger partial charge in [-0.3, -0.25) is 4.89 Å². The van der Waals surface area contributed by atoms with Gasteiger partial charge >= 0.3 is 5.97 Å². The summed E-state index contributed by atoms with van der Waals surface area (Å²) >= 11 is 0. The summed E-state index contributed by atoms with van der Waals surface area (Å²) in [5.74, 6) is 1.85. The summed E-state index contributed by atoms with van der Waals surface area (Å²) in [6, 6.07) is 3.10.